The van der Waals surface area contributed by atoms with E-state index in [1.807, 2.05) is 38.1 Å². The van der Waals surface area contributed by atoms with E-state index in [1.165, 1.54) is 18.4 Å². The normalized spacial score (nSPS) is 15.7. The van der Waals surface area contributed by atoms with Crippen LogP contribution in [-0.2, 0) is 4.79 Å². The number of benzene rings is 1. The Hall–Kier alpha value is -1.55. The Labute approximate surface area is 120 Å². The fraction of sp³-hybridized carbons (Fsp3) is 0.562. The van der Waals surface area contributed by atoms with Gasteiger partial charge in [-0.3, -0.25) is 4.79 Å². The van der Waals surface area contributed by atoms with Gasteiger partial charge in [0, 0.05) is 0 Å². The number of hydrogen-bond donors (Lipinski definition) is 2. The Morgan fingerprint density at radius 1 is 1.35 bits per heavy atom. The second-order valence-corrected chi connectivity index (χ2v) is 5.62. The Morgan fingerprint density at radius 3 is 2.70 bits per heavy atom. The topological polar surface area (TPSA) is 50.4 Å². The van der Waals surface area contributed by atoms with Gasteiger partial charge >= 0.3 is 0 Å². The lowest BCUT2D eigenvalue weighted by Crippen LogP contribution is -2.39. The van der Waals surface area contributed by atoms with E-state index in [0.29, 0.717) is 13.1 Å². The van der Waals surface area contributed by atoms with Gasteiger partial charge in [0.1, 0.15) is 11.9 Å². The molecular weight excluding hydrogens is 252 g/mol. The van der Waals surface area contributed by atoms with E-state index in [-0.39, 0.29) is 12.0 Å². The van der Waals surface area contributed by atoms with Crippen molar-refractivity contribution >= 4 is 5.91 Å². The van der Waals surface area contributed by atoms with Gasteiger partial charge in [0.2, 0.25) is 5.91 Å². The molecule has 1 aliphatic rings. The van der Waals surface area contributed by atoms with Crippen LogP contribution in [0, 0.1) is 12.8 Å². The second-order valence-electron chi connectivity index (χ2n) is 5.62. The fourth-order valence-electron chi connectivity index (χ4n) is 1.92. The summed E-state index contributed by atoms with van der Waals surface area (Å²) in [6.45, 7) is 5.88. The summed E-state index contributed by atoms with van der Waals surface area (Å²) in [5.41, 5.74) is 1.21. The van der Waals surface area contributed by atoms with Crippen LogP contribution < -0.4 is 15.4 Å². The number of amides is 1. The smallest absolute Gasteiger partial charge is 0.234 e. The summed E-state index contributed by atoms with van der Waals surface area (Å²) in [5, 5.41) is 6.06. The number of hydrogen-bond acceptors (Lipinski definition) is 3. The molecule has 1 unspecified atom stereocenters. The first-order valence-electron chi connectivity index (χ1n) is 7.34. The molecule has 1 aliphatic carbocycles. The highest BCUT2D eigenvalue weighted by molar-refractivity contribution is 5.77. The molecule has 110 valence electrons. The lowest BCUT2D eigenvalue weighted by atomic mass is 10.2. The molecule has 0 bridgehead atoms. The highest BCUT2D eigenvalue weighted by Crippen LogP contribution is 2.27. The van der Waals surface area contributed by atoms with Crippen molar-refractivity contribution in [3.63, 3.8) is 0 Å². The molecule has 0 radical (unpaired) electrons. The predicted molar refractivity (Wildman–Crippen MR) is 79.9 cm³/mol. The lowest BCUT2D eigenvalue weighted by Gasteiger charge is -2.15. The molecule has 1 aromatic rings. The maximum absolute atomic E-state index is 11.6. The van der Waals surface area contributed by atoms with Crippen molar-refractivity contribution in [3.8, 4) is 5.75 Å². The molecule has 2 rings (SSSR count). The summed E-state index contributed by atoms with van der Waals surface area (Å²) < 4.78 is 5.74. The number of carbonyl (C=O) groups excluding carboxylic acids is 1. The molecule has 0 spiro atoms. The number of ether oxygens (including phenoxy) is 1. The number of aryl methyl sites for hydroxylation is 1. The highest BCUT2D eigenvalue weighted by atomic mass is 16.5. The second kappa shape index (κ2) is 7.29. The average Bonchev–Trinajstić information content (AvgIpc) is 3.23. The van der Waals surface area contributed by atoms with Crippen molar-refractivity contribution in [3.05, 3.63) is 29.8 Å². The molecule has 2 N–H and O–H groups in total. The maximum Gasteiger partial charge on any atom is 0.234 e. The standard InChI is InChI=1S/C16H24N2O2/c1-12-3-7-15(8-4-12)20-13(2)9-18-16(19)11-17-10-14-5-6-14/h3-4,7-8,13-14,17H,5-6,9-11H2,1-2H3,(H,18,19). The van der Waals surface area contributed by atoms with Gasteiger partial charge < -0.3 is 15.4 Å². The number of carbonyl (C=O) groups is 1. The van der Waals surface area contributed by atoms with Crippen LogP contribution in [0.2, 0.25) is 0 Å². The van der Waals surface area contributed by atoms with Crippen LogP contribution in [0.25, 0.3) is 0 Å². The summed E-state index contributed by atoms with van der Waals surface area (Å²) >= 11 is 0. The molecule has 1 saturated carbocycles. The summed E-state index contributed by atoms with van der Waals surface area (Å²) in [6.07, 6.45) is 2.57. The lowest BCUT2D eigenvalue weighted by molar-refractivity contribution is -0.120. The van der Waals surface area contributed by atoms with Gasteiger partial charge in [-0.2, -0.15) is 0 Å². The zero-order chi connectivity index (χ0) is 14.4. The van der Waals surface area contributed by atoms with Gasteiger partial charge in [0.25, 0.3) is 0 Å². The van der Waals surface area contributed by atoms with E-state index in [2.05, 4.69) is 10.6 Å². The molecule has 0 saturated heterocycles. The van der Waals surface area contributed by atoms with Crippen molar-refractivity contribution in [1.82, 2.24) is 10.6 Å². The van der Waals surface area contributed by atoms with Crippen LogP contribution in [0.15, 0.2) is 24.3 Å². The summed E-state index contributed by atoms with van der Waals surface area (Å²) in [4.78, 5) is 11.6. The number of rotatable bonds is 8. The van der Waals surface area contributed by atoms with Crippen LogP contribution >= 0.6 is 0 Å². The fourth-order valence-corrected chi connectivity index (χ4v) is 1.92. The third-order valence-corrected chi connectivity index (χ3v) is 3.36. The zero-order valence-corrected chi connectivity index (χ0v) is 12.3. The predicted octanol–water partition coefficient (Wildman–Crippen LogP) is 1.88. The first kappa shape index (κ1) is 14.9. The molecular formula is C16H24N2O2. The average molecular weight is 276 g/mol. The van der Waals surface area contributed by atoms with E-state index < -0.39 is 0 Å². The monoisotopic (exact) mass is 276 g/mol. The van der Waals surface area contributed by atoms with Gasteiger partial charge in [-0.1, -0.05) is 17.7 Å². The largest absolute Gasteiger partial charge is 0.489 e. The van der Waals surface area contributed by atoms with Crippen LogP contribution in [0.1, 0.15) is 25.3 Å². The summed E-state index contributed by atoms with van der Waals surface area (Å²) in [6, 6.07) is 7.93. The van der Waals surface area contributed by atoms with E-state index in [9.17, 15) is 4.79 Å². The summed E-state index contributed by atoms with van der Waals surface area (Å²) in [5.74, 6) is 1.67. The first-order valence-corrected chi connectivity index (χ1v) is 7.34. The van der Waals surface area contributed by atoms with Crippen molar-refractivity contribution in [2.75, 3.05) is 19.6 Å². The van der Waals surface area contributed by atoms with Gasteiger partial charge in [-0.25, -0.2) is 0 Å². The minimum atomic E-state index is -0.0370. The van der Waals surface area contributed by atoms with E-state index >= 15 is 0 Å². The molecule has 4 heteroatoms. The Morgan fingerprint density at radius 2 is 2.05 bits per heavy atom. The molecule has 1 aromatic carbocycles. The van der Waals surface area contributed by atoms with Gasteiger partial charge in [0.05, 0.1) is 13.1 Å². The minimum Gasteiger partial charge on any atom is -0.489 e. The summed E-state index contributed by atoms with van der Waals surface area (Å²) in [7, 11) is 0. The van der Waals surface area contributed by atoms with Crippen molar-refractivity contribution in [1.29, 1.82) is 0 Å². The molecule has 1 atom stereocenters. The molecule has 20 heavy (non-hydrogen) atoms. The minimum absolute atomic E-state index is 0.0324. The molecule has 0 heterocycles. The van der Waals surface area contributed by atoms with Crippen LogP contribution in [0.3, 0.4) is 0 Å². The molecule has 0 aromatic heterocycles. The van der Waals surface area contributed by atoms with Crippen molar-refractivity contribution < 1.29 is 9.53 Å². The SMILES string of the molecule is Cc1ccc(OC(C)CNC(=O)CNCC2CC2)cc1. The van der Waals surface area contributed by atoms with Crippen LogP contribution in [0.4, 0.5) is 0 Å². The third-order valence-electron chi connectivity index (χ3n) is 3.36. The first-order chi connectivity index (χ1) is 9.63. The Kier molecular flexibility index (Phi) is 5.41. The molecule has 0 aliphatic heterocycles. The Bertz CT molecular complexity index is 427. The number of nitrogens with one attached hydrogen (secondary N) is 2. The van der Waals surface area contributed by atoms with Crippen molar-refractivity contribution in [2.24, 2.45) is 5.92 Å². The van der Waals surface area contributed by atoms with Gasteiger partial charge in [0.15, 0.2) is 0 Å². The zero-order valence-electron chi connectivity index (χ0n) is 12.3. The van der Waals surface area contributed by atoms with Gasteiger partial charge in [-0.15, -0.1) is 0 Å². The van der Waals surface area contributed by atoms with E-state index in [1.54, 1.807) is 0 Å². The van der Waals surface area contributed by atoms with Crippen LogP contribution in [-0.4, -0.2) is 31.6 Å². The Balaban J connectivity index is 1.59. The van der Waals surface area contributed by atoms with E-state index in [0.717, 1.165) is 18.2 Å². The molecule has 4 nitrogen and oxygen atoms in total. The molecule has 1 amide bonds. The maximum atomic E-state index is 11.6. The van der Waals surface area contributed by atoms with Gasteiger partial charge in [-0.05, 0) is 51.3 Å². The molecule has 1 fully saturated rings. The van der Waals surface area contributed by atoms with E-state index in [4.69, 9.17) is 4.74 Å². The third kappa shape index (κ3) is 5.61. The van der Waals surface area contributed by atoms with Crippen molar-refractivity contribution in [2.45, 2.75) is 32.8 Å². The van der Waals surface area contributed by atoms with Crippen LogP contribution in [0.5, 0.6) is 5.75 Å². The quantitative estimate of drug-likeness (QED) is 0.762. The highest BCUT2D eigenvalue weighted by Gasteiger charge is 2.20.